The summed E-state index contributed by atoms with van der Waals surface area (Å²) in [4.78, 5) is 24.0. The third kappa shape index (κ3) is 4.10. The number of aromatic amines is 1. The molecule has 2 fully saturated rings. The smallest absolute Gasteiger partial charge is 0.224 e. The molecule has 7 rings (SSSR count). The minimum absolute atomic E-state index is 0.0700. The molecule has 5 aromatic rings. The Hall–Kier alpha value is -4.67. The molecule has 2 atom stereocenters. The van der Waals surface area contributed by atoms with E-state index in [2.05, 4.69) is 42.6 Å². The number of carbonyl (C=O) groups excluding carboxylic acids is 1. The van der Waals surface area contributed by atoms with Gasteiger partial charge in [0.2, 0.25) is 11.8 Å². The number of hydrogen-bond acceptors (Lipinski definition) is 8. The first-order valence-electron chi connectivity index (χ1n) is 13.1. The van der Waals surface area contributed by atoms with Crippen molar-refractivity contribution in [2.24, 2.45) is 17.8 Å². The van der Waals surface area contributed by atoms with Gasteiger partial charge in [-0.05, 0) is 42.5 Å². The number of H-pyrrole nitrogens is 1. The van der Waals surface area contributed by atoms with E-state index in [1.807, 2.05) is 36.0 Å². The number of hydrogen-bond donors (Lipinski definition) is 2. The van der Waals surface area contributed by atoms with Gasteiger partial charge in [-0.1, -0.05) is 6.07 Å². The molecule has 2 aliphatic rings. The summed E-state index contributed by atoms with van der Waals surface area (Å²) in [5.74, 6) is 3.15. The second-order valence-corrected chi connectivity index (χ2v) is 10.0. The first-order chi connectivity index (χ1) is 19.1. The zero-order chi connectivity index (χ0) is 26.5. The number of pyridine rings is 3. The van der Waals surface area contributed by atoms with E-state index in [0.717, 1.165) is 57.9 Å². The van der Waals surface area contributed by atoms with Gasteiger partial charge in [0.25, 0.3) is 0 Å². The second-order valence-electron chi connectivity index (χ2n) is 10.0. The molecule has 1 amide bonds. The van der Waals surface area contributed by atoms with E-state index in [9.17, 15) is 4.79 Å². The fraction of sp³-hybridized carbons (Fsp3) is 0.321. The molecule has 0 spiro atoms. The molecule has 1 saturated carbocycles. The Morgan fingerprint density at radius 3 is 2.72 bits per heavy atom. The molecule has 11 heteroatoms. The van der Waals surface area contributed by atoms with Crippen LogP contribution in [0, 0.1) is 17.8 Å². The quantitative estimate of drug-likeness (QED) is 0.318. The van der Waals surface area contributed by atoms with E-state index in [4.69, 9.17) is 14.5 Å². The summed E-state index contributed by atoms with van der Waals surface area (Å²) in [6.45, 7) is 4.67. The molecule has 0 radical (unpaired) electrons. The highest BCUT2D eigenvalue weighted by Crippen LogP contribution is 2.52. The highest BCUT2D eigenvalue weighted by atomic mass is 16.5. The van der Waals surface area contributed by atoms with Gasteiger partial charge in [-0.25, -0.2) is 14.5 Å². The van der Waals surface area contributed by atoms with Crippen molar-refractivity contribution in [1.29, 1.82) is 0 Å². The Balaban J connectivity index is 1.03. The van der Waals surface area contributed by atoms with Gasteiger partial charge in [0.1, 0.15) is 11.6 Å². The predicted octanol–water partition coefficient (Wildman–Crippen LogP) is 3.07. The van der Waals surface area contributed by atoms with E-state index in [-0.39, 0.29) is 11.8 Å². The third-order valence-electron chi connectivity index (χ3n) is 7.77. The second kappa shape index (κ2) is 9.26. The van der Waals surface area contributed by atoms with Gasteiger partial charge in [-0.15, -0.1) is 5.10 Å². The Kier molecular flexibility index (Phi) is 5.57. The number of piperidine rings is 1. The summed E-state index contributed by atoms with van der Waals surface area (Å²) in [5.41, 5.74) is 4.60. The number of carbonyl (C=O) groups is 1. The predicted molar refractivity (Wildman–Crippen MR) is 145 cm³/mol. The molecule has 0 bridgehead atoms. The maximum atomic E-state index is 12.8. The van der Waals surface area contributed by atoms with Crippen LogP contribution in [-0.2, 0) is 11.3 Å². The number of anilines is 1. The largest absolute Gasteiger partial charge is 0.492 e. The van der Waals surface area contributed by atoms with Crippen LogP contribution < -0.4 is 19.7 Å². The van der Waals surface area contributed by atoms with E-state index >= 15 is 0 Å². The van der Waals surface area contributed by atoms with Crippen LogP contribution in [0.4, 0.5) is 5.82 Å². The molecule has 198 valence electrons. The van der Waals surface area contributed by atoms with Crippen molar-refractivity contribution in [3.63, 3.8) is 0 Å². The Labute approximate surface area is 224 Å². The minimum Gasteiger partial charge on any atom is -0.492 e. The zero-order valence-electron chi connectivity index (χ0n) is 21.7. The van der Waals surface area contributed by atoms with Crippen LogP contribution in [0.2, 0.25) is 0 Å². The Morgan fingerprint density at radius 1 is 1.13 bits per heavy atom. The topological polar surface area (TPSA) is 123 Å². The summed E-state index contributed by atoms with van der Waals surface area (Å²) >= 11 is 0. The molecule has 1 saturated heterocycles. The first kappa shape index (κ1) is 23.4. The standard InChI is InChI=1S/C28H28N8O3/c1-3-39-18-8-19(26-20-12-32-33-27(20)34-36(26)13-18)17-5-6-23(29-11-17)35-14-21-22(15-35)25(21)28(37)31-10-16-4-7-24(38-2)30-9-16/h4-9,11-13,21-22,25H,3,10,14-15H2,1-2H3,(H,31,37)(H,33,34). The summed E-state index contributed by atoms with van der Waals surface area (Å²) < 4.78 is 12.7. The van der Waals surface area contributed by atoms with Crippen LogP contribution in [0.3, 0.4) is 0 Å². The molecule has 1 aliphatic heterocycles. The van der Waals surface area contributed by atoms with Crippen LogP contribution >= 0.6 is 0 Å². The van der Waals surface area contributed by atoms with Crippen molar-refractivity contribution in [2.45, 2.75) is 13.5 Å². The lowest BCUT2D eigenvalue weighted by molar-refractivity contribution is -0.123. The van der Waals surface area contributed by atoms with Crippen molar-refractivity contribution in [3.05, 3.63) is 60.7 Å². The molecular formula is C28H28N8O3. The van der Waals surface area contributed by atoms with Gasteiger partial charge in [-0.3, -0.25) is 9.89 Å². The summed E-state index contributed by atoms with van der Waals surface area (Å²) in [7, 11) is 1.58. The van der Waals surface area contributed by atoms with Crippen LogP contribution in [0.25, 0.3) is 27.7 Å². The molecule has 5 aromatic heterocycles. The lowest BCUT2D eigenvalue weighted by Crippen LogP contribution is -2.31. The average Bonchev–Trinajstić information content (AvgIpc) is 3.31. The summed E-state index contributed by atoms with van der Waals surface area (Å²) in [6.07, 6.45) is 7.30. The fourth-order valence-electron chi connectivity index (χ4n) is 5.78. The normalized spacial score (nSPS) is 19.8. The fourth-order valence-corrected chi connectivity index (χ4v) is 5.78. The van der Waals surface area contributed by atoms with E-state index < -0.39 is 0 Å². The molecular weight excluding hydrogens is 496 g/mol. The maximum Gasteiger partial charge on any atom is 0.224 e. The van der Waals surface area contributed by atoms with Gasteiger partial charge >= 0.3 is 0 Å². The van der Waals surface area contributed by atoms with E-state index in [1.165, 1.54) is 0 Å². The number of nitrogens with one attached hydrogen (secondary N) is 2. The minimum atomic E-state index is 0.0700. The number of nitrogens with zero attached hydrogens (tertiary/aromatic N) is 6. The van der Waals surface area contributed by atoms with Gasteiger partial charge in [0.05, 0.1) is 37.0 Å². The number of ether oxygens (including phenoxy) is 2. The summed E-state index contributed by atoms with van der Waals surface area (Å²) in [5, 5.41) is 15.7. The number of methoxy groups -OCH3 is 1. The van der Waals surface area contributed by atoms with Gasteiger partial charge in [-0.2, -0.15) is 5.10 Å². The van der Waals surface area contributed by atoms with Crippen LogP contribution in [-0.4, -0.2) is 62.5 Å². The molecule has 2 unspecified atom stereocenters. The Morgan fingerprint density at radius 2 is 2.00 bits per heavy atom. The molecule has 6 heterocycles. The van der Waals surface area contributed by atoms with Crippen molar-refractivity contribution < 1.29 is 14.3 Å². The van der Waals surface area contributed by atoms with Crippen molar-refractivity contribution in [1.82, 2.24) is 35.1 Å². The van der Waals surface area contributed by atoms with Crippen LogP contribution in [0.5, 0.6) is 11.6 Å². The van der Waals surface area contributed by atoms with Crippen LogP contribution in [0.1, 0.15) is 12.5 Å². The monoisotopic (exact) mass is 524 g/mol. The van der Waals surface area contributed by atoms with Gasteiger partial charge < -0.3 is 19.7 Å². The highest BCUT2D eigenvalue weighted by molar-refractivity contribution is 6.00. The van der Waals surface area contributed by atoms with Crippen molar-refractivity contribution in [3.8, 4) is 22.8 Å². The zero-order valence-corrected chi connectivity index (χ0v) is 21.7. The van der Waals surface area contributed by atoms with Crippen molar-refractivity contribution >= 4 is 28.3 Å². The molecule has 2 N–H and O–H groups in total. The van der Waals surface area contributed by atoms with Gasteiger partial charge in [0.15, 0.2) is 5.65 Å². The van der Waals surface area contributed by atoms with Crippen molar-refractivity contribution in [2.75, 3.05) is 31.7 Å². The maximum absolute atomic E-state index is 12.8. The molecule has 1 aliphatic carbocycles. The number of fused-ring (bicyclic) bond motifs is 4. The number of amides is 1. The van der Waals surface area contributed by atoms with E-state index in [1.54, 1.807) is 25.6 Å². The first-order valence-corrected chi connectivity index (χ1v) is 13.1. The number of aromatic nitrogens is 6. The average molecular weight is 525 g/mol. The molecule has 11 nitrogen and oxygen atoms in total. The highest BCUT2D eigenvalue weighted by Gasteiger charge is 2.59. The molecule has 39 heavy (non-hydrogen) atoms. The van der Waals surface area contributed by atoms with Gasteiger partial charge in [0, 0.05) is 55.1 Å². The molecule has 0 aromatic carbocycles. The summed E-state index contributed by atoms with van der Waals surface area (Å²) in [6, 6.07) is 9.89. The van der Waals surface area contributed by atoms with Crippen LogP contribution in [0.15, 0.2) is 55.1 Å². The SMILES string of the molecule is CCOc1cc(-c2ccc(N3CC4C(C3)C4C(=O)NCc3ccc(OC)nc3)nc2)c2c3cn[nH]c3nn2c1. The lowest BCUT2D eigenvalue weighted by Gasteiger charge is -2.21. The lowest BCUT2D eigenvalue weighted by atomic mass is 10.1. The number of rotatable bonds is 8. The van der Waals surface area contributed by atoms with E-state index in [0.29, 0.717) is 30.9 Å². The third-order valence-corrected chi connectivity index (χ3v) is 7.77. The Bertz CT molecular complexity index is 1650.